The third-order valence-corrected chi connectivity index (χ3v) is 3.49. The van der Waals surface area contributed by atoms with E-state index in [0.717, 1.165) is 24.9 Å². The van der Waals surface area contributed by atoms with Crippen molar-refractivity contribution in [3.05, 3.63) is 29.8 Å². The van der Waals surface area contributed by atoms with E-state index in [0.29, 0.717) is 0 Å². The predicted octanol–water partition coefficient (Wildman–Crippen LogP) is 2.41. The molecule has 3 aliphatic rings. The molecule has 2 bridgehead atoms. The Labute approximate surface area is 76.7 Å². The van der Waals surface area contributed by atoms with Crippen LogP contribution in [0.15, 0.2) is 24.3 Å². The molecule has 68 valence electrons. The van der Waals surface area contributed by atoms with Crippen molar-refractivity contribution in [2.45, 2.75) is 30.3 Å². The number of nitrogen functional groups attached to an aromatic ring is 1. The summed E-state index contributed by atoms with van der Waals surface area (Å²) in [6, 6.07) is 7.88. The maximum atomic E-state index is 13.3. The standard InChI is InChI=1S/C11H12FN/c12-11-5-10(6-11,7-11)8-1-3-9(13)4-2-8/h1-4H,5-7,13H2. The Hall–Kier alpha value is -1.05. The Bertz CT molecular complexity index is 335. The zero-order valence-electron chi connectivity index (χ0n) is 7.39. The van der Waals surface area contributed by atoms with E-state index in [2.05, 4.69) is 0 Å². The van der Waals surface area contributed by atoms with Crippen molar-refractivity contribution in [1.29, 1.82) is 0 Å². The van der Waals surface area contributed by atoms with Gasteiger partial charge in [0.25, 0.3) is 0 Å². The van der Waals surface area contributed by atoms with E-state index < -0.39 is 5.67 Å². The first-order valence-electron chi connectivity index (χ1n) is 4.67. The second-order valence-corrected chi connectivity index (χ2v) is 4.58. The average molecular weight is 177 g/mol. The second kappa shape index (κ2) is 1.89. The molecule has 3 saturated carbocycles. The van der Waals surface area contributed by atoms with Gasteiger partial charge in [-0.05, 0) is 37.0 Å². The van der Waals surface area contributed by atoms with Crippen LogP contribution in [0, 0.1) is 0 Å². The molecular formula is C11H12FN. The Balaban J connectivity index is 1.91. The monoisotopic (exact) mass is 177 g/mol. The molecule has 0 unspecified atom stereocenters. The largest absolute Gasteiger partial charge is 0.399 e. The Morgan fingerprint density at radius 1 is 1.08 bits per heavy atom. The van der Waals surface area contributed by atoms with Gasteiger partial charge in [0.05, 0.1) is 0 Å². The highest BCUT2D eigenvalue weighted by Crippen LogP contribution is 2.69. The van der Waals surface area contributed by atoms with E-state index in [-0.39, 0.29) is 5.41 Å². The lowest BCUT2D eigenvalue weighted by Gasteiger charge is -2.66. The highest BCUT2D eigenvalue weighted by Gasteiger charge is 2.69. The fraction of sp³-hybridized carbons (Fsp3) is 0.455. The molecule has 4 rings (SSSR count). The molecular weight excluding hydrogens is 165 g/mol. The molecule has 1 aromatic carbocycles. The Morgan fingerprint density at radius 3 is 2.08 bits per heavy atom. The van der Waals surface area contributed by atoms with Crippen molar-refractivity contribution >= 4 is 5.69 Å². The van der Waals surface area contributed by atoms with Crippen molar-refractivity contribution in [2.24, 2.45) is 0 Å². The summed E-state index contributed by atoms with van der Waals surface area (Å²) in [5, 5.41) is 0. The third-order valence-electron chi connectivity index (χ3n) is 3.49. The van der Waals surface area contributed by atoms with Crippen molar-refractivity contribution in [2.75, 3.05) is 5.73 Å². The van der Waals surface area contributed by atoms with Crippen molar-refractivity contribution in [3.8, 4) is 0 Å². The Kier molecular flexibility index (Phi) is 1.07. The van der Waals surface area contributed by atoms with Crippen LogP contribution < -0.4 is 5.73 Å². The highest BCUT2D eigenvalue weighted by atomic mass is 19.1. The molecule has 0 atom stereocenters. The summed E-state index contributed by atoms with van der Waals surface area (Å²) in [4.78, 5) is 0. The van der Waals surface area contributed by atoms with Crippen molar-refractivity contribution in [1.82, 2.24) is 0 Å². The molecule has 0 heterocycles. The molecule has 2 N–H and O–H groups in total. The molecule has 1 aromatic rings. The van der Waals surface area contributed by atoms with Gasteiger partial charge in [0.1, 0.15) is 5.67 Å². The van der Waals surface area contributed by atoms with Crippen LogP contribution in [-0.2, 0) is 5.41 Å². The first-order chi connectivity index (χ1) is 6.12. The molecule has 0 saturated heterocycles. The van der Waals surface area contributed by atoms with Crippen LogP contribution in [0.5, 0.6) is 0 Å². The van der Waals surface area contributed by atoms with Gasteiger partial charge >= 0.3 is 0 Å². The molecule has 2 heteroatoms. The quantitative estimate of drug-likeness (QED) is 0.655. The molecule has 3 fully saturated rings. The van der Waals surface area contributed by atoms with Gasteiger partial charge in [-0.25, -0.2) is 4.39 Å². The van der Waals surface area contributed by atoms with Crippen LogP contribution >= 0.6 is 0 Å². The van der Waals surface area contributed by atoms with E-state index in [9.17, 15) is 4.39 Å². The van der Waals surface area contributed by atoms with Gasteiger partial charge in [-0.2, -0.15) is 0 Å². The molecule has 3 aliphatic carbocycles. The lowest BCUT2D eigenvalue weighted by Crippen LogP contribution is -2.67. The number of rotatable bonds is 1. The molecule has 0 aliphatic heterocycles. The predicted molar refractivity (Wildman–Crippen MR) is 50.2 cm³/mol. The zero-order valence-corrected chi connectivity index (χ0v) is 7.39. The number of alkyl halides is 1. The molecule has 1 nitrogen and oxygen atoms in total. The topological polar surface area (TPSA) is 26.0 Å². The van der Waals surface area contributed by atoms with E-state index >= 15 is 0 Å². The van der Waals surface area contributed by atoms with E-state index in [1.165, 1.54) is 5.56 Å². The average Bonchev–Trinajstić information content (AvgIpc) is 1.99. The Morgan fingerprint density at radius 2 is 1.62 bits per heavy atom. The van der Waals surface area contributed by atoms with E-state index in [1.807, 2.05) is 24.3 Å². The lowest BCUT2D eigenvalue weighted by atomic mass is 9.40. The smallest absolute Gasteiger partial charge is 0.113 e. The first-order valence-corrected chi connectivity index (χ1v) is 4.67. The molecule has 13 heavy (non-hydrogen) atoms. The van der Waals surface area contributed by atoms with E-state index in [1.54, 1.807) is 0 Å². The maximum Gasteiger partial charge on any atom is 0.113 e. The van der Waals surface area contributed by atoms with Gasteiger partial charge in [-0.3, -0.25) is 0 Å². The summed E-state index contributed by atoms with van der Waals surface area (Å²) >= 11 is 0. The summed E-state index contributed by atoms with van der Waals surface area (Å²) in [5.41, 5.74) is 7.02. The molecule has 0 aromatic heterocycles. The number of benzene rings is 1. The summed E-state index contributed by atoms with van der Waals surface area (Å²) in [6.45, 7) is 0. The first kappa shape index (κ1) is 7.36. The number of hydrogen-bond acceptors (Lipinski definition) is 1. The second-order valence-electron chi connectivity index (χ2n) is 4.58. The van der Waals surface area contributed by atoms with Crippen LogP contribution in [0.3, 0.4) is 0 Å². The van der Waals surface area contributed by atoms with Gasteiger partial charge in [-0.15, -0.1) is 0 Å². The van der Waals surface area contributed by atoms with Gasteiger partial charge in [0, 0.05) is 11.1 Å². The van der Waals surface area contributed by atoms with Crippen molar-refractivity contribution < 1.29 is 4.39 Å². The fourth-order valence-corrected chi connectivity index (χ4v) is 2.81. The number of hydrogen-bond donors (Lipinski definition) is 1. The van der Waals surface area contributed by atoms with Crippen LogP contribution in [0.2, 0.25) is 0 Å². The van der Waals surface area contributed by atoms with E-state index in [4.69, 9.17) is 5.73 Å². The van der Waals surface area contributed by atoms with Crippen LogP contribution in [0.4, 0.5) is 10.1 Å². The van der Waals surface area contributed by atoms with Crippen molar-refractivity contribution in [3.63, 3.8) is 0 Å². The minimum Gasteiger partial charge on any atom is -0.399 e. The molecule has 0 amide bonds. The summed E-state index contributed by atoms with van der Waals surface area (Å²) in [7, 11) is 0. The third kappa shape index (κ3) is 0.808. The minimum atomic E-state index is -0.804. The van der Waals surface area contributed by atoms with Gasteiger partial charge in [-0.1, -0.05) is 12.1 Å². The van der Waals surface area contributed by atoms with Gasteiger partial charge < -0.3 is 5.73 Å². The summed E-state index contributed by atoms with van der Waals surface area (Å²) in [5.74, 6) is 0. The number of anilines is 1. The molecule has 0 spiro atoms. The minimum absolute atomic E-state index is 0.183. The van der Waals surface area contributed by atoms with Crippen LogP contribution in [0.1, 0.15) is 24.8 Å². The zero-order chi connectivity index (χ0) is 9.10. The van der Waals surface area contributed by atoms with Crippen LogP contribution in [-0.4, -0.2) is 5.67 Å². The number of halogens is 1. The highest BCUT2D eigenvalue weighted by molar-refractivity contribution is 5.46. The maximum absolute atomic E-state index is 13.3. The normalized spacial score (nSPS) is 40.7. The molecule has 0 radical (unpaired) electrons. The SMILES string of the molecule is Nc1ccc(C23CC(F)(C2)C3)cc1. The van der Waals surface area contributed by atoms with Crippen LogP contribution in [0.25, 0.3) is 0 Å². The summed E-state index contributed by atoms with van der Waals surface area (Å²) in [6.07, 6.45) is 2.18. The number of nitrogens with two attached hydrogens (primary N) is 1. The summed E-state index contributed by atoms with van der Waals surface area (Å²) < 4.78 is 13.3. The van der Waals surface area contributed by atoms with Gasteiger partial charge in [0.2, 0.25) is 0 Å². The lowest BCUT2D eigenvalue weighted by molar-refractivity contribution is -0.158. The fourth-order valence-electron chi connectivity index (χ4n) is 2.81. The van der Waals surface area contributed by atoms with Gasteiger partial charge in [0.15, 0.2) is 0 Å².